The zero-order valence-corrected chi connectivity index (χ0v) is 9.80. The maximum absolute atomic E-state index is 13.5. The van der Waals surface area contributed by atoms with Crippen LogP contribution in [-0.2, 0) is 5.41 Å². The molecule has 0 radical (unpaired) electrons. The highest BCUT2D eigenvalue weighted by atomic mass is 19.3. The van der Waals surface area contributed by atoms with Gasteiger partial charge in [0.2, 0.25) is 0 Å². The minimum absolute atomic E-state index is 0.0946. The van der Waals surface area contributed by atoms with Gasteiger partial charge in [0.15, 0.2) is 0 Å². The second-order valence-corrected chi connectivity index (χ2v) is 4.23. The second-order valence-electron chi connectivity index (χ2n) is 4.23. The molecule has 0 aromatic heterocycles. The van der Waals surface area contributed by atoms with Gasteiger partial charge in [0.05, 0.1) is 19.6 Å². The summed E-state index contributed by atoms with van der Waals surface area (Å²) in [5, 5.41) is 0. The Kier molecular flexibility index (Phi) is 2.73. The van der Waals surface area contributed by atoms with E-state index in [4.69, 9.17) is 15.2 Å². The van der Waals surface area contributed by atoms with Gasteiger partial charge in [-0.25, -0.2) is 8.78 Å². The maximum Gasteiger partial charge on any atom is 0.260 e. The van der Waals surface area contributed by atoms with Crippen LogP contribution in [0.2, 0.25) is 0 Å². The molecule has 94 valence electrons. The summed E-state index contributed by atoms with van der Waals surface area (Å²) in [6.45, 7) is -0.0946. The molecule has 1 aromatic rings. The van der Waals surface area contributed by atoms with E-state index in [0.29, 0.717) is 17.1 Å². The zero-order valence-electron chi connectivity index (χ0n) is 9.80. The Labute approximate surface area is 98.5 Å². The third-order valence-electron chi connectivity index (χ3n) is 3.37. The number of hydrogen-bond donors (Lipinski definition) is 1. The molecule has 1 saturated carbocycles. The molecule has 1 fully saturated rings. The van der Waals surface area contributed by atoms with Gasteiger partial charge in [-0.1, -0.05) is 6.07 Å². The SMILES string of the molecule is COc1ccc(C2(CN)CC2(F)F)c(OC)c1. The van der Waals surface area contributed by atoms with Crippen LogP contribution in [0.15, 0.2) is 18.2 Å². The van der Waals surface area contributed by atoms with Gasteiger partial charge in [0.25, 0.3) is 5.92 Å². The van der Waals surface area contributed by atoms with Crippen LogP contribution in [0.5, 0.6) is 11.5 Å². The molecule has 0 aliphatic heterocycles. The lowest BCUT2D eigenvalue weighted by Crippen LogP contribution is -2.27. The average molecular weight is 243 g/mol. The maximum atomic E-state index is 13.5. The van der Waals surface area contributed by atoms with Crippen molar-refractivity contribution in [2.45, 2.75) is 17.8 Å². The van der Waals surface area contributed by atoms with Gasteiger partial charge in [-0.2, -0.15) is 0 Å². The standard InChI is InChI=1S/C12H15F2NO2/c1-16-8-3-4-9(10(5-8)17-2)11(7-15)6-12(11,13)14/h3-5H,6-7,15H2,1-2H3. The van der Waals surface area contributed by atoms with Crippen molar-refractivity contribution in [2.24, 2.45) is 5.73 Å². The summed E-state index contributed by atoms with van der Waals surface area (Å²) in [5.74, 6) is -1.78. The average Bonchev–Trinajstić information content (AvgIpc) is 2.91. The number of benzene rings is 1. The molecule has 2 rings (SSSR count). The van der Waals surface area contributed by atoms with Crippen LogP contribution in [0.1, 0.15) is 12.0 Å². The Hall–Kier alpha value is -1.36. The third-order valence-corrected chi connectivity index (χ3v) is 3.37. The Bertz CT molecular complexity index is 437. The molecule has 0 heterocycles. The largest absolute Gasteiger partial charge is 0.497 e. The minimum atomic E-state index is -2.75. The highest BCUT2D eigenvalue weighted by molar-refractivity contribution is 5.50. The number of ether oxygens (including phenoxy) is 2. The first-order valence-corrected chi connectivity index (χ1v) is 5.31. The predicted molar refractivity (Wildman–Crippen MR) is 59.8 cm³/mol. The molecule has 0 amide bonds. The van der Waals surface area contributed by atoms with Crippen LogP contribution in [0.3, 0.4) is 0 Å². The molecule has 1 aliphatic rings. The minimum Gasteiger partial charge on any atom is -0.497 e. The number of rotatable bonds is 4. The van der Waals surface area contributed by atoms with Crippen LogP contribution >= 0.6 is 0 Å². The Balaban J connectivity index is 2.46. The van der Waals surface area contributed by atoms with Gasteiger partial charge in [-0.15, -0.1) is 0 Å². The highest BCUT2D eigenvalue weighted by Crippen LogP contribution is 2.62. The topological polar surface area (TPSA) is 44.5 Å². The van der Waals surface area contributed by atoms with E-state index in [0.717, 1.165) is 0 Å². The smallest absolute Gasteiger partial charge is 0.260 e. The van der Waals surface area contributed by atoms with Crippen molar-refractivity contribution in [1.29, 1.82) is 0 Å². The van der Waals surface area contributed by atoms with E-state index in [1.165, 1.54) is 14.2 Å². The number of alkyl halides is 2. The van der Waals surface area contributed by atoms with Crippen LogP contribution in [-0.4, -0.2) is 26.7 Å². The van der Waals surface area contributed by atoms with E-state index >= 15 is 0 Å². The molecule has 1 atom stereocenters. The van der Waals surface area contributed by atoms with Gasteiger partial charge in [-0.3, -0.25) is 0 Å². The number of methoxy groups -OCH3 is 2. The molecule has 0 saturated heterocycles. The molecule has 1 aromatic carbocycles. The zero-order chi connectivity index (χ0) is 12.7. The molecular formula is C12H15F2NO2. The van der Waals surface area contributed by atoms with E-state index in [2.05, 4.69) is 0 Å². The summed E-state index contributed by atoms with van der Waals surface area (Å²) < 4.78 is 37.1. The first-order chi connectivity index (χ1) is 8.00. The first-order valence-electron chi connectivity index (χ1n) is 5.31. The summed E-state index contributed by atoms with van der Waals surface area (Å²) in [7, 11) is 2.96. The van der Waals surface area contributed by atoms with E-state index in [1.54, 1.807) is 18.2 Å². The van der Waals surface area contributed by atoms with Gasteiger partial charge in [0, 0.05) is 24.6 Å². The van der Waals surface area contributed by atoms with Crippen molar-refractivity contribution in [1.82, 2.24) is 0 Å². The summed E-state index contributed by atoms with van der Waals surface area (Å²) >= 11 is 0. The van der Waals surface area contributed by atoms with E-state index in [9.17, 15) is 8.78 Å². The van der Waals surface area contributed by atoms with E-state index < -0.39 is 11.3 Å². The van der Waals surface area contributed by atoms with E-state index in [-0.39, 0.29) is 13.0 Å². The van der Waals surface area contributed by atoms with Crippen molar-refractivity contribution in [3.63, 3.8) is 0 Å². The van der Waals surface area contributed by atoms with Crippen molar-refractivity contribution >= 4 is 0 Å². The number of nitrogens with two attached hydrogens (primary N) is 1. The number of halogens is 2. The summed E-state index contributed by atoms with van der Waals surface area (Å²) in [5.41, 5.74) is 4.68. The summed E-state index contributed by atoms with van der Waals surface area (Å²) in [6, 6.07) is 4.84. The van der Waals surface area contributed by atoms with E-state index in [1.807, 2.05) is 0 Å². The molecule has 0 spiro atoms. The lowest BCUT2D eigenvalue weighted by atomic mass is 9.94. The van der Waals surface area contributed by atoms with Crippen molar-refractivity contribution in [2.75, 3.05) is 20.8 Å². The Morgan fingerprint density at radius 3 is 2.35 bits per heavy atom. The van der Waals surface area contributed by atoms with Gasteiger partial charge < -0.3 is 15.2 Å². The van der Waals surface area contributed by atoms with Crippen LogP contribution in [0, 0.1) is 0 Å². The van der Waals surface area contributed by atoms with Gasteiger partial charge in [-0.05, 0) is 6.07 Å². The first kappa shape index (κ1) is 12.1. The molecule has 0 bridgehead atoms. The second kappa shape index (κ2) is 3.84. The quantitative estimate of drug-likeness (QED) is 0.879. The van der Waals surface area contributed by atoms with Crippen molar-refractivity contribution < 1.29 is 18.3 Å². The van der Waals surface area contributed by atoms with Crippen LogP contribution < -0.4 is 15.2 Å². The normalized spacial score (nSPS) is 25.5. The summed E-state index contributed by atoms with van der Waals surface area (Å²) in [4.78, 5) is 0. The number of hydrogen-bond acceptors (Lipinski definition) is 3. The highest BCUT2D eigenvalue weighted by Gasteiger charge is 2.71. The molecular weight excluding hydrogens is 228 g/mol. The molecule has 5 heteroatoms. The molecule has 1 aliphatic carbocycles. The monoisotopic (exact) mass is 243 g/mol. The van der Waals surface area contributed by atoms with Crippen molar-refractivity contribution in [3.8, 4) is 11.5 Å². The van der Waals surface area contributed by atoms with Crippen LogP contribution in [0.4, 0.5) is 8.78 Å². The molecule has 2 N–H and O–H groups in total. The van der Waals surface area contributed by atoms with Crippen LogP contribution in [0.25, 0.3) is 0 Å². The lowest BCUT2D eigenvalue weighted by Gasteiger charge is -2.18. The molecule has 17 heavy (non-hydrogen) atoms. The Morgan fingerprint density at radius 2 is 1.94 bits per heavy atom. The lowest BCUT2D eigenvalue weighted by molar-refractivity contribution is 0.0889. The third kappa shape index (κ3) is 1.65. The molecule has 3 nitrogen and oxygen atoms in total. The Morgan fingerprint density at radius 1 is 1.29 bits per heavy atom. The fraction of sp³-hybridized carbons (Fsp3) is 0.500. The van der Waals surface area contributed by atoms with Crippen molar-refractivity contribution in [3.05, 3.63) is 23.8 Å². The summed E-state index contributed by atoms with van der Waals surface area (Å²) in [6.07, 6.45) is -0.223. The van der Waals surface area contributed by atoms with Gasteiger partial charge >= 0.3 is 0 Å². The fourth-order valence-electron chi connectivity index (χ4n) is 2.15. The van der Waals surface area contributed by atoms with Gasteiger partial charge in [0.1, 0.15) is 11.5 Å². The predicted octanol–water partition coefficient (Wildman–Crippen LogP) is 1.94. The fourth-order valence-corrected chi connectivity index (χ4v) is 2.15. The molecule has 1 unspecified atom stereocenters.